The van der Waals surface area contributed by atoms with E-state index in [1.807, 2.05) is 48.5 Å². The molecule has 806 valence electrons. The van der Waals surface area contributed by atoms with E-state index in [0.717, 1.165) is 50.2 Å². The molecule has 20 rings (SSSR count). The molecule has 0 aromatic rings. The minimum atomic E-state index is -3.65. The molecule has 52 unspecified atom stereocenters. The number of allylic oxidation sites excluding steroid dienone is 1. The van der Waals surface area contributed by atoms with Gasteiger partial charge in [0.05, 0.1) is 79.1 Å². The average molecular weight is 2040 g/mol. The van der Waals surface area contributed by atoms with Crippen molar-refractivity contribution in [3.63, 3.8) is 0 Å². The van der Waals surface area contributed by atoms with Gasteiger partial charge < -0.3 is 87.2 Å². The first-order valence-electron chi connectivity index (χ1n) is 54.3. The highest BCUT2D eigenvalue weighted by molar-refractivity contribution is 7.88. The van der Waals surface area contributed by atoms with E-state index in [4.69, 9.17) is 82.7 Å². The van der Waals surface area contributed by atoms with Crippen molar-refractivity contribution in [2.45, 2.75) is 221 Å². The van der Waals surface area contributed by atoms with Gasteiger partial charge in [0.15, 0.2) is 31.9 Å². The van der Waals surface area contributed by atoms with Gasteiger partial charge in [-0.2, -0.15) is 5.26 Å². The third-order valence-corrected chi connectivity index (χ3v) is 43.0. The summed E-state index contributed by atoms with van der Waals surface area (Å²) in [6.07, 6.45) is 11.6. The molecule has 0 spiro atoms. The first-order chi connectivity index (χ1) is 68.2. The van der Waals surface area contributed by atoms with Crippen LogP contribution in [0, 0.1) is 296 Å². The van der Waals surface area contributed by atoms with Crippen molar-refractivity contribution in [2.24, 2.45) is 302 Å². The molecule has 0 aromatic heterocycles. The largest absolute Gasteiger partial charge is 0.469 e. The zero-order chi connectivity index (χ0) is 105. The summed E-state index contributed by atoms with van der Waals surface area (Å²) in [7, 11) is -2.22. The van der Waals surface area contributed by atoms with Gasteiger partial charge in [-0.05, 0) is 388 Å². The average Bonchev–Trinajstić information content (AvgIpc) is 1.54. The number of nitrogens with two attached hydrogens (primary N) is 1. The maximum absolute atomic E-state index is 13.3. The molecule has 20 aliphatic rings. The van der Waals surface area contributed by atoms with Crippen molar-refractivity contribution in [2.75, 3.05) is 59.9 Å². The van der Waals surface area contributed by atoms with Crippen LogP contribution in [0.2, 0.25) is 0 Å². The van der Waals surface area contributed by atoms with E-state index in [1.165, 1.54) is 45.4 Å². The van der Waals surface area contributed by atoms with Crippen LogP contribution in [-0.2, 0) is 134 Å². The number of ether oxygens (including phenoxy) is 13. The number of nitrogens with one attached hydrogen (secondary N) is 2. The Morgan fingerprint density at radius 3 is 0.917 bits per heavy atom. The number of amides is 1. The zero-order valence-corrected chi connectivity index (χ0v) is 89.4. The lowest BCUT2D eigenvalue weighted by molar-refractivity contribution is -0.243. The summed E-state index contributed by atoms with van der Waals surface area (Å²) in [6.45, 7) is 53.7. The Kier molecular flexibility index (Phi) is 32.8. The molecule has 20 aliphatic carbocycles. The predicted molar refractivity (Wildman–Crippen MR) is 518 cm³/mol. The molecule has 33 nitrogen and oxygen atoms in total. The van der Waals surface area contributed by atoms with Gasteiger partial charge >= 0.3 is 65.6 Å². The van der Waals surface area contributed by atoms with E-state index >= 15 is 0 Å². The SMILES string of the molecule is C=C(CN)OC(=O)C1C2CC(C1C(=O)OC(C)OCC)C1C3CC(C(C)C3C)C21.C=C(ONS(C)(=O)=O)OC(=O)C1C2CC(C1C(=O)OC(C)(C)C)C1C3CC(C(C)C3C)C21.C=C(OO)OC(=O)C1C2CC(C1C(=O)OCOCC)C1C3CC(C(C)C3C)C21.CCOC(C)OC(=O)C1C2CC(C1C(=O)NC=C(C)OO)C1C3CC(C(C)C3C)C21.CCOCOC(=O)C1C2CC(C1C(=O)OC)C1C3CC(C(C)C3C)C21. The highest BCUT2D eigenvalue weighted by Gasteiger charge is 2.78. The number of rotatable bonds is 32. The Labute approximate surface area is 850 Å². The summed E-state index contributed by atoms with van der Waals surface area (Å²) in [5.41, 5.74) is 4.91. The Morgan fingerprint density at radius 1 is 0.382 bits per heavy atom. The molecule has 144 heavy (non-hydrogen) atoms. The quantitative estimate of drug-likeness (QED) is 0.00610. The van der Waals surface area contributed by atoms with Crippen LogP contribution in [0.25, 0.3) is 0 Å². The fourth-order valence-electron chi connectivity index (χ4n) is 37.6. The van der Waals surface area contributed by atoms with Crippen LogP contribution in [0.5, 0.6) is 0 Å². The van der Waals surface area contributed by atoms with Crippen LogP contribution in [0.4, 0.5) is 0 Å². The maximum atomic E-state index is 13.3. The van der Waals surface area contributed by atoms with Crippen molar-refractivity contribution < 1.29 is 143 Å². The minimum absolute atomic E-state index is 0.0231. The van der Waals surface area contributed by atoms with Gasteiger partial charge in [0.2, 0.25) is 15.9 Å². The lowest BCUT2D eigenvalue weighted by atomic mass is 9.59. The van der Waals surface area contributed by atoms with Crippen LogP contribution >= 0.6 is 0 Å². The highest BCUT2D eigenvalue weighted by Crippen LogP contribution is 2.79. The van der Waals surface area contributed by atoms with Gasteiger partial charge in [0, 0.05) is 32.6 Å². The standard InChI is InChI=1S/C23H35NO7S.C23H35NO6.C23H35NO5.C21H30O7.C20H30O5/c1-10-11(2)14-8-13(10)17-15-9-16(18(14)17)20(22(26)30-23(4,5)6)19(15)21(25)29-12(3)31-24-32(7,27)28;1-6-28-13(5)29-23(26)21-17-8-16(20(21)22(25)24-9-10(2)30-27)18-14-7-15(19(17)18)12(4)11(14)3;1-6-27-13(5)29-23(26)21-17-8-16(20(21)22(25)28-10(2)9-24)18-14-7-15(19(17)18)12(4)11(14)3;1-5-25-8-26-20(22)18-14-7-15(19(18)21(23)27-11(4)28-24)17-13-6-12(16(14)17)9(2)10(13)3;1-5-24-8-25-20(22)18-14-7-13(17(18)19(21)23-4)15-11-6-12(16(14)15)10(3)9(11)2/h10-11,13-20,24H,3,8-9H2,1-2,4-7H3;9,11-21,27H,6-8H2,1-5H3,(H,24,25);11-21H,2,6-9,24H2,1,3-5H3;9-10,12-19,24H,4-8H2,1-3H3;9-18H,5-8H2,1-4H3. The number of hydrogen-bond acceptors (Lipinski definition) is 31. The van der Waals surface area contributed by atoms with Crippen LogP contribution < -0.4 is 15.9 Å². The second kappa shape index (κ2) is 43.2. The minimum Gasteiger partial charge on any atom is -0.469 e. The van der Waals surface area contributed by atoms with E-state index in [-0.39, 0.29) is 150 Å². The third-order valence-electron chi connectivity index (χ3n) is 42.6. The maximum Gasteiger partial charge on any atom is 0.317 e. The normalized spacial score (nSPS) is 45.0. The van der Waals surface area contributed by atoms with Crippen LogP contribution in [-0.4, -0.2) is 157 Å². The molecular formula is C110H165N3O30S. The summed E-state index contributed by atoms with van der Waals surface area (Å²) in [6, 6.07) is 0. The molecule has 0 radical (unpaired) electrons. The molecule has 0 saturated heterocycles. The number of methoxy groups -OCH3 is 1. The number of sulfonamides is 1. The third kappa shape index (κ3) is 19.4. The van der Waals surface area contributed by atoms with Gasteiger partial charge in [0.1, 0.15) is 11.4 Å². The number of carbonyl (C=O) groups is 10. The molecule has 0 heterocycles. The lowest BCUT2D eigenvalue weighted by Crippen LogP contribution is -2.49. The van der Waals surface area contributed by atoms with Gasteiger partial charge in [-0.3, -0.25) is 47.9 Å². The summed E-state index contributed by atoms with van der Waals surface area (Å²) in [4.78, 5) is 145. The molecule has 20 fully saturated rings. The number of carbonyl (C=O) groups excluding carboxylic acids is 10. The fraction of sp³-hybridized carbons (Fsp3) is 0.836. The van der Waals surface area contributed by atoms with E-state index in [0.29, 0.717) is 192 Å². The number of fused-ring (bicyclic) bond motifs is 45. The molecule has 20 saturated carbocycles. The number of hydrogen-bond donors (Lipinski definition) is 5. The van der Waals surface area contributed by atoms with Crippen molar-refractivity contribution in [1.29, 1.82) is 0 Å². The van der Waals surface area contributed by atoms with Gasteiger partial charge in [0.25, 0.3) is 0 Å². The van der Waals surface area contributed by atoms with E-state index in [2.05, 4.69) is 104 Å². The molecular weight excluding hydrogens is 1880 g/mol. The summed E-state index contributed by atoms with van der Waals surface area (Å²) < 4.78 is 92.1. The topological polar surface area (TPSA) is 443 Å². The molecule has 1 amide bonds. The van der Waals surface area contributed by atoms with Gasteiger partial charge in [-0.1, -0.05) is 75.8 Å². The monoisotopic (exact) mass is 2040 g/mol. The summed E-state index contributed by atoms with van der Waals surface area (Å²) >= 11 is 0. The van der Waals surface area contributed by atoms with Crippen molar-refractivity contribution in [3.8, 4) is 0 Å². The first kappa shape index (κ1) is 109. The summed E-state index contributed by atoms with van der Waals surface area (Å²) in [5, 5.41) is 20.2. The van der Waals surface area contributed by atoms with Gasteiger partial charge in [-0.15, -0.1) is 0 Å². The van der Waals surface area contributed by atoms with E-state index in [9.17, 15) is 56.4 Å². The Bertz CT molecular complexity index is 4940. The fourth-order valence-corrected chi connectivity index (χ4v) is 37.9. The molecule has 0 aromatic carbocycles. The Hall–Kier alpha value is -7.31. The number of esters is 9. The Balaban J connectivity index is 0.000000129. The lowest BCUT2D eigenvalue weighted by Gasteiger charge is -2.45. The first-order valence-corrected chi connectivity index (χ1v) is 56.2. The van der Waals surface area contributed by atoms with Crippen molar-refractivity contribution >= 4 is 69.7 Å². The van der Waals surface area contributed by atoms with Crippen LogP contribution in [0.1, 0.15) is 203 Å². The predicted octanol–water partition coefficient (Wildman–Crippen LogP) is 15.0. The molecule has 6 N–H and O–H groups in total. The smallest absolute Gasteiger partial charge is 0.317 e. The van der Waals surface area contributed by atoms with Crippen molar-refractivity contribution in [1.82, 2.24) is 10.2 Å². The zero-order valence-electron chi connectivity index (χ0n) is 88.6. The second-order valence-corrected chi connectivity index (χ2v) is 50.2. The molecule has 0 aliphatic heterocycles. The summed E-state index contributed by atoms with van der Waals surface area (Å²) in [5.74, 6) is 11.1. The van der Waals surface area contributed by atoms with Crippen LogP contribution in [0.3, 0.4) is 0 Å². The van der Waals surface area contributed by atoms with Crippen molar-refractivity contribution in [3.05, 3.63) is 49.3 Å². The van der Waals surface area contributed by atoms with Crippen LogP contribution in [0.15, 0.2) is 49.3 Å². The van der Waals surface area contributed by atoms with E-state index in [1.54, 1.807) is 25.7 Å². The Morgan fingerprint density at radius 2 is 0.646 bits per heavy atom. The second-order valence-electron chi connectivity index (χ2n) is 48.5. The molecule has 20 bridgehead atoms. The molecule has 52 atom stereocenters. The molecule has 34 heteroatoms. The van der Waals surface area contributed by atoms with Gasteiger partial charge in [-0.25, -0.2) is 13.7 Å². The van der Waals surface area contributed by atoms with E-state index < -0.39 is 99.4 Å². The highest BCUT2D eigenvalue weighted by atomic mass is 32.2.